The van der Waals surface area contributed by atoms with Crippen molar-refractivity contribution in [1.29, 1.82) is 0 Å². The number of carbonyl (C=O) groups is 1. The van der Waals surface area contributed by atoms with Crippen LogP contribution >= 0.6 is 0 Å². The smallest absolute Gasteiger partial charge is 0.254 e. The van der Waals surface area contributed by atoms with E-state index in [1.807, 2.05) is 30.9 Å². The number of carbonyl (C=O) groups excluding carboxylic acids is 1. The van der Waals surface area contributed by atoms with Crippen molar-refractivity contribution in [3.63, 3.8) is 0 Å². The van der Waals surface area contributed by atoms with Crippen LogP contribution in [0.3, 0.4) is 0 Å². The lowest BCUT2D eigenvalue weighted by Crippen LogP contribution is -2.33. The number of aromatic nitrogens is 1. The highest BCUT2D eigenvalue weighted by atomic mass is 16.2. The van der Waals surface area contributed by atoms with Crippen molar-refractivity contribution in [3.05, 3.63) is 23.4 Å². The molecule has 1 aromatic rings. The molecule has 0 aliphatic heterocycles. The minimum absolute atomic E-state index is 0.126. The van der Waals surface area contributed by atoms with Gasteiger partial charge in [0, 0.05) is 30.9 Å². The summed E-state index contributed by atoms with van der Waals surface area (Å²) in [5.41, 5.74) is 1.62. The van der Waals surface area contributed by atoms with E-state index in [-0.39, 0.29) is 5.91 Å². The lowest BCUT2D eigenvalue weighted by Gasteiger charge is -2.23. The Morgan fingerprint density at radius 1 is 1.14 bits per heavy atom. The van der Waals surface area contributed by atoms with E-state index in [0.29, 0.717) is 0 Å². The number of nitrogens with one attached hydrogen (secondary N) is 1. The molecule has 118 valence electrons. The molecule has 0 aliphatic carbocycles. The molecule has 0 saturated carbocycles. The molecular weight excluding hydrogens is 262 g/mol. The maximum atomic E-state index is 12.7. The Hall–Kier alpha value is -1.58. The van der Waals surface area contributed by atoms with Crippen molar-refractivity contribution < 1.29 is 4.79 Å². The molecule has 1 aromatic heterocycles. The molecule has 0 radical (unpaired) electrons. The highest BCUT2D eigenvalue weighted by Gasteiger charge is 2.16. The fraction of sp³-hybridized carbons (Fsp3) is 0.647. The fourth-order valence-electron chi connectivity index (χ4n) is 2.26. The zero-order valence-corrected chi connectivity index (χ0v) is 13.9. The molecule has 4 nitrogen and oxygen atoms in total. The van der Waals surface area contributed by atoms with Crippen LogP contribution in [0.1, 0.15) is 62.5 Å². The van der Waals surface area contributed by atoms with Gasteiger partial charge in [-0.1, -0.05) is 26.7 Å². The maximum absolute atomic E-state index is 12.7. The first-order valence-corrected chi connectivity index (χ1v) is 8.14. The number of hydrogen-bond acceptors (Lipinski definition) is 3. The van der Waals surface area contributed by atoms with Crippen LogP contribution in [0, 0.1) is 6.92 Å². The van der Waals surface area contributed by atoms with Crippen LogP contribution in [-0.4, -0.2) is 35.4 Å². The third-order valence-corrected chi connectivity index (χ3v) is 3.41. The fourth-order valence-corrected chi connectivity index (χ4v) is 2.26. The molecule has 0 bridgehead atoms. The number of pyridine rings is 1. The predicted molar refractivity (Wildman–Crippen MR) is 88.9 cm³/mol. The molecule has 0 spiro atoms. The molecule has 1 amide bonds. The third kappa shape index (κ3) is 5.74. The summed E-state index contributed by atoms with van der Waals surface area (Å²) in [5.74, 6) is 0.910. The van der Waals surface area contributed by atoms with E-state index < -0.39 is 0 Å². The quantitative estimate of drug-likeness (QED) is 0.751. The van der Waals surface area contributed by atoms with Gasteiger partial charge in [-0.25, -0.2) is 4.98 Å². The van der Waals surface area contributed by atoms with Crippen molar-refractivity contribution in [3.8, 4) is 0 Å². The van der Waals surface area contributed by atoms with Crippen LogP contribution in [0.5, 0.6) is 0 Å². The second-order valence-corrected chi connectivity index (χ2v) is 5.41. The van der Waals surface area contributed by atoms with Crippen molar-refractivity contribution in [2.45, 2.75) is 53.4 Å². The Labute approximate surface area is 129 Å². The molecule has 1 N–H and O–H groups in total. The Kier molecular flexibility index (Phi) is 7.80. The lowest BCUT2D eigenvalue weighted by molar-refractivity contribution is 0.0751. The summed E-state index contributed by atoms with van der Waals surface area (Å²) >= 11 is 0. The summed E-state index contributed by atoms with van der Waals surface area (Å²) < 4.78 is 0. The van der Waals surface area contributed by atoms with Crippen LogP contribution in [0.2, 0.25) is 0 Å². The number of amides is 1. The third-order valence-electron chi connectivity index (χ3n) is 3.41. The zero-order chi connectivity index (χ0) is 15.7. The minimum atomic E-state index is 0.126. The molecule has 4 heteroatoms. The summed E-state index contributed by atoms with van der Waals surface area (Å²) in [6, 6.07) is 3.75. The monoisotopic (exact) mass is 291 g/mol. The standard InChI is InChI=1S/C17H29N3O/c1-5-8-10-20(11-9-6-2)17(21)15-12-14(4)19-16(13-15)18-7-3/h12-13H,5-11H2,1-4H3,(H,18,19). The van der Waals surface area contributed by atoms with Gasteiger partial charge in [0.25, 0.3) is 5.91 Å². The van der Waals surface area contributed by atoms with Crippen LogP contribution in [0.15, 0.2) is 12.1 Å². The van der Waals surface area contributed by atoms with Gasteiger partial charge in [0.1, 0.15) is 5.82 Å². The Bertz CT molecular complexity index is 438. The van der Waals surface area contributed by atoms with Crippen LogP contribution in [0.25, 0.3) is 0 Å². The molecule has 0 unspecified atom stereocenters. The van der Waals surface area contributed by atoms with E-state index >= 15 is 0 Å². The molecule has 1 heterocycles. The Balaban J connectivity index is 2.90. The van der Waals surface area contributed by atoms with Gasteiger partial charge in [-0.2, -0.15) is 0 Å². The zero-order valence-electron chi connectivity index (χ0n) is 13.9. The minimum Gasteiger partial charge on any atom is -0.370 e. The molecule has 0 fully saturated rings. The summed E-state index contributed by atoms with van der Waals surface area (Å²) in [4.78, 5) is 19.1. The summed E-state index contributed by atoms with van der Waals surface area (Å²) in [5, 5.41) is 3.19. The first-order chi connectivity index (χ1) is 10.1. The van der Waals surface area contributed by atoms with E-state index in [9.17, 15) is 4.79 Å². The van der Waals surface area contributed by atoms with Gasteiger partial charge < -0.3 is 10.2 Å². The van der Waals surface area contributed by atoms with Gasteiger partial charge in [0.05, 0.1) is 0 Å². The van der Waals surface area contributed by atoms with Gasteiger partial charge in [0.15, 0.2) is 0 Å². The first-order valence-electron chi connectivity index (χ1n) is 8.14. The number of anilines is 1. The van der Waals surface area contributed by atoms with Crippen LogP contribution < -0.4 is 5.32 Å². The highest BCUT2D eigenvalue weighted by molar-refractivity contribution is 5.95. The van der Waals surface area contributed by atoms with Crippen LogP contribution in [0.4, 0.5) is 5.82 Å². The molecule has 1 rings (SSSR count). The summed E-state index contributed by atoms with van der Waals surface area (Å²) in [6.07, 6.45) is 4.32. The highest BCUT2D eigenvalue weighted by Crippen LogP contribution is 2.14. The molecule has 0 atom stereocenters. The number of unbranched alkanes of at least 4 members (excludes halogenated alkanes) is 2. The molecular formula is C17H29N3O. The van der Waals surface area contributed by atoms with E-state index in [1.165, 1.54) is 0 Å². The van der Waals surface area contributed by atoms with Crippen molar-refractivity contribution in [1.82, 2.24) is 9.88 Å². The SMILES string of the molecule is CCCCN(CCCC)C(=O)c1cc(C)nc(NCC)c1. The van der Waals surface area contributed by atoms with Gasteiger partial charge >= 0.3 is 0 Å². The molecule has 0 saturated heterocycles. The van der Waals surface area contributed by atoms with Gasteiger partial charge in [0.2, 0.25) is 0 Å². The van der Waals surface area contributed by atoms with Gasteiger partial charge in [-0.3, -0.25) is 4.79 Å². The van der Waals surface area contributed by atoms with E-state index in [1.54, 1.807) is 0 Å². The maximum Gasteiger partial charge on any atom is 0.254 e. The average Bonchev–Trinajstić information content (AvgIpc) is 2.46. The summed E-state index contributed by atoms with van der Waals surface area (Å²) in [6.45, 7) is 10.8. The van der Waals surface area contributed by atoms with Crippen molar-refractivity contribution >= 4 is 11.7 Å². The predicted octanol–water partition coefficient (Wildman–Crippen LogP) is 3.86. The van der Waals surface area contributed by atoms with Gasteiger partial charge in [-0.05, 0) is 38.8 Å². The van der Waals surface area contributed by atoms with E-state index in [4.69, 9.17) is 0 Å². The van der Waals surface area contributed by atoms with E-state index in [0.717, 1.165) is 62.4 Å². The largest absolute Gasteiger partial charge is 0.370 e. The Morgan fingerprint density at radius 2 is 1.76 bits per heavy atom. The first kappa shape index (κ1) is 17.5. The van der Waals surface area contributed by atoms with E-state index in [2.05, 4.69) is 24.1 Å². The van der Waals surface area contributed by atoms with Gasteiger partial charge in [-0.15, -0.1) is 0 Å². The molecule has 21 heavy (non-hydrogen) atoms. The van der Waals surface area contributed by atoms with Crippen LogP contribution in [-0.2, 0) is 0 Å². The number of nitrogens with zero attached hydrogens (tertiary/aromatic N) is 2. The summed E-state index contributed by atoms with van der Waals surface area (Å²) in [7, 11) is 0. The topological polar surface area (TPSA) is 45.2 Å². The lowest BCUT2D eigenvalue weighted by atomic mass is 10.1. The number of hydrogen-bond donors (Lipinski definition) is 1. The second-order valence-electron chi connectivity index (χ2n) is 5.41. The molecule has 0 aliphatic rings. The molecule has 0 aromatic carbocycles. The van der Waals surface area contributed by atoms with Crippen molar-refractivity contribution in [2.75, 3.05) is 25.0 Å². The second kappa shape index (κ2) is 9.37. The average molecular weight is 291 g/mol. The number of aryl methyl sites for hydroxylation is 1. The Morgan fingerprint density at radius 3 is 2.29 bits per heavy atom. The van der Waals surface area contributed by atoms with Crippen molar-refractivity contribution in [2.24, 2.45) is 0 Å². The normalized spacial score (nSPS) is 10.5. The number of rotatable bonds is 9.